The second kappa shape index (κ2) is 9.83. The first-order valence-electron chi connectivity index (χ1n) is 10.3. The van der Waals surface area contributed by atoms with Gasteiger partial charge in [-0.25, -0.2) is 8.42 Å². The molecule has 0 aliphatic carbocycles. The zero-order chi connectivity index (χ0) is 22.4. The van der Waals surface area contributed by atoms with Crippen molar-refractivity contribution in [1.29, 1.82) is 0 Å². The van der Waals surface area contributed by atoms with Gasteiger partial charge in [0.05, 0.1) is 18.5 Å². The fourth-order valence-electron chi connectivity index (χ4n) is 3.49. The number of amides is 1. The van der Waals surface area contributed by atoms with Gasteiger partial charge in [0.25, 0.3) is 0 Å². The van der Waals surface area contributed by atoms with E-state index in [0.29, 0.717) is 5.69 Å². The van der Waals surface area contributed by atoms with Crippen LogP contribution < -0.4 is 14.4 Å². The van der Waals surface area contributed by atoms with Crippen molar-refractivity contribution in [3.63, 3.8) is 0 Å². The first kappa shape index (κ1) is 22.6. The minimum atomic E-state index is -3.64. The zero-order valence-electron chi connectivity index (χ0n) is 18.0. The molecule has 3 rings (SSSR count). The number of ether oxygens (including phenoxy) is 1. The summed E-state index contributed by atoms with van der Waals surface area (Å²) in [5.41, 5.74) is 1.56. The van der Waals surface area contributed by atoms with E-state index in [2.05, 4.69) is 5.32 Å². The molecule has 0 saturated heterocycles. The van der Waals surface area contributed by atoms with Crippen LogP contribution in [0.2, 0.25) is 0 Å². The average molecular weight is 441 g/mol. The van der Waals surface area contributed by atoms with E-state index in [1.807, 2.05) is 61.5 Å². The Labute approximate surface area is 183 Å². The standard InChI is InChI=1S/C24H28N2O4S/c1-4-19-12-14-21(15-13-19)26(31(3,28)29)18(2)24(27)25-16-17-30-23-11-7-9-20-8-5-6-10-22(20)23/h5-15,18H,4,16-17H2,1-3H3,(H,25,27)/t18-/m0/s1. The summed E-state index contributed by atoms with van der Waals surface area (Å²) in [6, 6.07) is 20.1. The Morgan fingerprint density at radius 1 is 1.03 bits per heavy atom. The van der Waals surface area contributed by atoms with E-state index in [0.717, 1.165) is 39.1 Å². The lowest BCUT2D eigenvalue weighted by Gasteiger charge is -2.28. The number of hydrogen-bond acceptors (Lipinski definition) is 4. The van der Waals surface area contributed by atoms with Gasteiger partial charge in [-0.05, 0) is 42.5 Å². The highest BCUT2D eigenvalue weighted by atomic mass is 32.2. The maximum Gasteiger partial charge on any atom is 0.243 e. The Kier molecular flexibility index (Phi) is 7.17. The molecule has 0 aliphatic heterocycles. The van der Waals surface area contributed by atoms with Crippen molar-refractivity contribution in [3.8, 4) is 5.75 Å². The highest BCUT2D eigenvalue weighted by molar-refractivity contribution is 7.92. The summed E-state index contributed by atoms with van der Waals surface area (Å²) in [6.45, 7) is 4.14. The molecule has 0 unspecified atom stereocenters. The van der Waals surface area contributed by atoms with Crippen LogP contribution in [-0.2, 0) is 21.2 Å². The molecule has 0 aromatic heterocycles. The number of sulfonamides is 1. The van der Waals surface area contributed by atoms with Gasteiger partial charge in [-0.15, -0.1) is 0 Å². The van der Waals surface area contributed by atoms with E-state index in [1.54, 1.807) is 19.1 Å². The van der Waals surface area contributed by atoms with Gasteiger partial charge in [0, 0.05) is 5.39 Å². The third-order valence-corrected chi connectivity index (χ3v) is 6.34. The molecule has 0 radical (unpaired) electrons. The van der Waals surface area contributed by atoms with Gasteiger partial charge >= 0.3 is 0 Å². The van der Waals surface area contributed by atoms with Gasteiger partial charge in [-0.1, -0.05) is 55.5 Å². The second-order valence-corrected chi connectivity index (χ2v) is 9.23. The molecule has 6 nitrogen and oxygen atoms in total. The molecule has 0 saturated carbocycles. The Morgan fingerprint density at radius 2 is 1.71 bits per heavy atom. The second-order valence-electron chi connectivity index (χ2n) is 7.37. The summed E-state index contributed by atoms with van der Waals surface area (Å²) >= 11 is 0. The molecule has 1 amide bonds. The lowest BCUT2D eigenvalue weighted by atomic mass is 10.1. The smallest absolute Gasteiger partial charge is 0.243 e. The van der Waals surface area contributed by atoms with E-state index in [1.165, 1.54) is 0 Å². The Hall–Kier alpha value is -3.06. The molecule has 0 spiro atoms. The lowest BCUT2D eigenvalue weighted by molar-refractivity contribution is -0.121. The summed E-state index contributed by atoms with van der Waals surface area (Å²) in [7, 11) is -3.64. The van der Waals surface area contributed by atoms with Crippen molar-refractivity contribution in [2.24, 2.45) is 0 Å². The van der Waals surface area contributed by atoms with Crippen LogP contribution in [0.15, 0.2) is 66.7 Å². The number of carbonyl (C=O) groups is 1. The Balaban J connectivity index is 1.62. The molecular formula is C24H28N2O4S. The van der Waals surface area contributed by atoms with Gasteiger partial charge in [0.15, 0.2) is 0 Å². The van der Waals surface area contributed by atoms with Gasteiger partial charge in [-0.3, -0.25) is 9.10 Å². The molecule has 0 aliphatic rings. The molecule has 1 N–H and O–H groups in total. The van der Waals surface area contributed by atoms with Crippen LogP contribution in [0.4, 0.5) is 5.69 Å². The number of aryl methyl sites for hydroxylation is 1. The van der Waals surface area contributed by atoms with Gasteiger partial charge in [-0.2, -0.15) is 0 Å². The van der Waals surface area contributed by atoms with Crippen LogP contribution in [0.1, 0.15) is 19.4 Å². The molecule has 31 heavy (non-hydrogen) atoms. The molecule has 7 heteroatoms. The quantitative estimate of drug-likeness (QED) is 0.514. The molecule has 0 fully saturated rings. The van der Waals surface area contributed by atoms with Crippen molar-refractivity contribution in [2.45, 2.75) is 26.3 Å². The van der Waals surface area contributed by atoms with Crippen molar-refractivity contribution in [1.82, 2.24) is 5.32 Å². The summed E-state index contributed by atoms with van der Waals surface area (Å²) < 4.78 is 31.8. The van der Waals surface area contributed by atoms with Gasteiger partial charge < -0.3 is 10.1 Å². The van der Waals surface area contributed by atoms with Crippen molar-refractivity contribution < 1.29 is 17.9 Å². The topological polar surface area (TPSA) is 75.7 Å². The van der Waals surface area contributed by atoms with E-state index in [9.17, 15) is 13.2 Å². The van der Waals surface area contributed by atoms with Crippen molar-refractivity contribution in [2.75, 3.05) is 23.7 Å². The average Bonchev–Trinajstić information content (AvgIpc) is 2.76. The number of nitrogens with one attached hydrogen (secondary N) is 1. The summed E-state index contributed by atoms with van der Waals surface area (Å²) in [5.74, 6) is 0.362. The molecule has 3 aromatic rings. The van der Waals surface area contributed by atoms with Gasteiger partial charge in [0.1, 0.15) is 18.4 Å². The Bertz CT molecular complexity index is 1140. The normalized spacial score (nSPS) is 12.4. The number of fused-ring (bicyclic) bond motifs is 1. The SMILES string of the molecule is CCc1ccc(N([C@@H](C)C(=O)NCCOc2cccc3ccccc23)S(C)(=O)=O)cc1. The van der Waals surface area contributed by atoms with Crippen LogP contribution >= 0.6 is 0 Å². The predicted molar refractivity (Wildman–Crippen MR) is 125 cm³/mol. The van der Waals surface area contributed by atoms with Crippen molar-refractivity contribution in [3.05, 3.63) is 72.3 Å². The molecule has 1 atom stereocenters. The van der Waals surface area contributed by atoms with Crippen LogP contribution in [0.25, 0.3) is 10.8 Å². The van der Waals surface area contributed by atoms with E-state index in [4.69, 9.17) is 4.74 Å². The number of anilines is 1. The number of hydrogen-bond donors (Lipinski definition) is 1. The lowest BCUT2D eigenvalue weighted by Crippen LogP contribution is -2.48. The largest absolute Gasteiger partial charge is 0.491 e. The van der Waals surface area contributed by atoms with E-state index >= 15 is 0 Å². The van der Waals surface area contributed by atoms with Crippen molar-refractivity contribution >= 4 is 32.4 Å². The first-order valence-corrected chi connectivity index (χ1v) is 12.1. The zero-order valence-corrected chi connectivity index (χ0v) is 18.9. The number of nitrogens with zero attached hydrogens (tertiary/aromatic N) is 1. The van der Waals surface area contributed by atoms with Crippen LogP contribution in [0, 0.1) is 0 Å². The number of rotatable bonds is 9. The third kappa shape index (κ3) is 5.55. The fraction of sp³-hybridized carbons (Fsp3) is 0.292. The van der Waals surface area contributed by atoms with Crippen LogP contribution in [0.5, 0.6) is 5.75 Å². The minimum absolute atomic E-state index is 0.263. The predicted octanol–water partition coefficient (Wildman–Crippen LogP) is 3.75. The number of benzene rings is 3. The van der Waals surface area contributed by atoms with E-state index < -0.39 is 16.1 Å². The minimum Gasteiger partial charge on any atom is -0.491 e. The summed E-state index contributed by atoms with van der Waals surface area (Å²) in [4.78, 5) is 12.7. The third-order valence-electron chi connectivity index (χ3n) is 5.10. The van der Waals surface area contributed by atoms with Gasteiger partial charge in [0.2, 0.25) is 15.9 Å². The van der Waals surface area contributed by atoms with E-state index in [-0.39, 0.29) is 19.1 Å². The molecular weight excluding hydrogens is 412 g/mol. The Morgan fingerprint density at radius 3 is 2.39 bits per heavy atom. The summed E-state index contributed by atoms with van der Waals surface area (Å²) in [5, 5.41) is 4.86. The van der Waals surface area contributed by atoms with Crippen LogP contribution in [-0.4, -0.2) is 39.8 Å². The molecule has 3 aromatic carbocycles. The molecule has 0 heterocycles. The van der Waals surface area contributed by atoms with Crippen LogP contribution in [0.3, 0.4) is 0 Å². The monoisotopic (exact) mass is 440 g/mol. The highest BCUT2D eigenvalue weighted by Gasteiger charge is 2.28. The molecule has 0 bridgehead atoms. The first-order chi connectivity index (χ1) is 14.8. The summed E-state index contributed by atoms with van der Waals surface area (Å²) in [6.07, 6.45) is 1.96. The maximum atomic E-state index is 12.7. The highest BCUT2D eigenvalue weighted by Crippen LogP contribution is 2.25. The molecule has 164 valence electrons. The fourth-order valence-corrected chi connectivity index (χ4v) is 4.67. The number of carbonyl (C=O) groups excluding carboxylic acids is 1. The maximum absolute atomic E-state index is 12.7.